The zero-order valence-electron chi connectivity index (χ0n) is 13.3. The fourth-order valence-electron chi connectivity index (χ4n) is 2.27. The Labute approximate surface area is 118 Å². The minimum absolute atomic E-state index is 0.333. The van der Waals surface area contributed by atoms with Gasteiger partial charge in [-0.1, -0.05) is 12.1 Å². The van der Waals surface area contributed by atoms with Gasteiger partial charge in [-0.05, 0) is 76.8 Å². The van der Waals surface area contributed by atoms with E-state index in [-0.39, 0.29) is 0 Å². The van der Waals surface area contributed by atoms with Crippen molar-refractivity contribution in [3.05, 3.63) is 34.4 Å². The lowest BCUT2D eigenvalue weighted by molar-refractivity contribution is 0.0768. The van der Waals surface area contributed by atoms with Gasteiger partial charge in [-0.25, -0.2) is 0 Å². The highest BCUT2D eigenvalue weighted by atomic mass is 16.5. The molecule has 0 saturated heterocycles. The lowest BCUT2D eigenvalue weighted by atomic mass is 9.96. The second-order valence-electron chi connectivity index (χ2n) is 5.74. The highest BCUT2D eigenvalue weighted by molar-refractivity contribution is 5.37. The Balaban J connectivity index is 2.45. The van der Waals surface area contributed by atoms with Gasteiger partial charge in [0.25, 0.3) is 0 Å². The fourth-order valence-corrected chi connectivity index (χ4v) is 2.27. The molecule has 2 heteroatoms. The van der Waals surface area contributed by atoms with Crippen LogP contribution in [-0.2, 0) is 4.74 Å². The van der Waals surface area contributed by atoms with E-state index < -0.39 is 0 Å². The Morgan fingerprint density at radius 1 is 1.00 bits per heavy atom. The fraction of sp³-hybridized carbons (Fsp3) is 0.647. The van der Waals surface area contributed by atoms with Gasteiger partial charge in [0.2, 0.25) is 0 Å². The smallest absolute Gasteiger partial charge is 0.0518 e. The van der Waals surface area contributed by atoms with Gasteiger partial charge >= 0.3 is 0 Å². The summed E-state index contributed by atoms with van der Waals surface area (Å²) in [6.45, 7) is 14.8. The molecular weight excluding hydrogens is 234 g/mol. The topological polar surface area (TPSA) is 21.3 Å². The summed E-state index contributed by atoms with van der Waals surface area (Å²) in [5.74, 6) is 0. The van der Waals surface area contributed by atoms with E-state index in [2.05, 4.69) is 59.0 Å². The van der Waals surface area contributed by atoms with Crippen molar-refractivity contribution >= 4 is 0 Å². The lowest BCUT2D eigenvalue weighted by Gasteiger charge is -2.18. The summed E-state index contributed by atoms with van der Waals surface area (Å²) in [4.78, 5) is 0. The molecule has 108 valence electrons. The maximum Gasteiger partial charge on any atom is 0.0518 e. The summed E-state index contributed by atoms with van der Waals surface area (Å²) in [5, 5.41) is 3.58. The third kappa shape index (κ3) is 5.33. The number of hydrogen-bond donors (Lipinski definition) is 1. The van der Waals surface area contributed by atoms with Crippen molar-refractivity contribution in [1.29, 1.82) is 0 Å². The predicted molar refractivity (Wildman–Crippen MR) is 82.8 cm³/mol. The molecule has 0 aliphatic carbocycles. The first kappa shape index (κ1) is 16.2. The van der Waals surface area contributed by atoms with Crippen LogP contribution in [0.5, 0.6) is 0 Å². The van der Waals surface area contributed by atoms with Crippen molar-refractivity contribution < 1.29 is 4.74 Å². The van der Waals surface area contributed by atoms with Crippen molar-refractivity contribution in [2.75, 3.05) is 13.2 Å². The summed E-state index contributed by atoms with van der Waals surface area (Å²) in [6.07, 6.45) is 1.39. The molecule has 0 amide bonds. The molecule has 1 aromatic rings. The number of aryl methyl sites for hydroxylation is 3. The Bertz CT molecular complexity index is 398. The molecule has 0 aliphatic rings. The predicted octanol–water partition coefficient (Wildman–Crippen LogP) is 4.08. The van der Waals surface area contributed by atoms with Crippen molar-refractivity contribution in [3.63, 3.8) is 0 Å². The molecule has 0 heterocycles. The summed E-state index contributed by atoms with van der Waals surface area (Å²) >= 11 is 0. The van der Waals surface area contributed by atoms with Crippen LogP contribution in [0.25, 0.3) is 0 Å². The van der Waals surface area contributed by atoms with Gasteiger partial charge in [0.05, 0.1) is 6.10 Å². The molecule has 1 rings (SSSR count). The van der Waals surface area contributed by atoms with Crippen LogP contribution in [-0.4, -0.2) is 19.3 Å². The van der Waals surface area contributed by atoms with Crippen molar-refractivity contribution in [1.82, 2.24) is 5.32 Å². The molecular formula is C17H29NO. The minimum atomic E-state index is 0.333. The molecule has 0 aromatic heterocycles. The lowest BCUT2D eigenvalue weighted by Crippen LogP contribution is -2.22. The van der Waals surface area contributed by atoms with Crippen LogP contribution in [0, 0.1) is 20.8 Å². The second kappa shape index (κ2) is 7.66. The zero-order valence-corrected chi connectivity index (χ0v) is 13.3. The number of hydrogen-bond acceptors (Lipinski definition) is 2. The highest BCUT2D eigenvalue weighted by Gasteiger charge is 2.09. The van der Waals surface area contributed by atoms with Gasteiger partial charge in [0, 0.05) is 12.6 Å². The molecule has 1 unspecified atom stereocenters. The molecule has 0 aliphatic heterocycles. The quantitative estimate of drug-likeness (QED) is 0.749. The van der Waals surface area contributed by atoms with Crippen LogP contribution in [0.4, 0.5) is 0 Å². The molecule has 0 bridgehead atoms. The van der Waals surface area contributed by atoms with Crippen molar-refractivity contribution in [3.8, 4) is 0 Å². The van der Waals surface area contributed by atoms with E-state index in [1.165, 1.54) is 22.3 Å². The monoisotopic (exact) mass is 263 g/mol. The van der Waals surface area contributed by atoms with Gasteiger partial charge in [0.1, 0.15) is 0 Å². The molecule has 0 fully saturated rings. The van der Waals surface area contributed by atoms with Crippen molar-refractivity contribution in [2.24, 2.45) is 0 Å². The summed E-state index contributed by atoms with van der Waals surface area (Å²) in [7, 11) is 0. The molecule has 0 saturated carbocycles. The Kier molecular flexibility index (Phi) is 6.53. The average molecular weight is 263 g/mol. The first-order valence-corrected chi connectivity index (χ1v) is 7.34. The van der Waals surface area contributed by atoms with E-state index in [0.717, 1.165) is 19.6 Å². The van der Waals surface area contributed by atoms with E-state index in [0.29, 0.717) is 12.1 Å². The van der Waals surface area contributed by atoms with Crippen molar-refractivity contribution in [2.45, 2.75) is 60.1 Å². The van der Waals surface area contributed by atoms with E-state index in [4.69, 9.17) is 4.74 Å². The largest absolute Gasteiger partial charge is 0.379 e. The van der Waals surface area contributed by atoms with Gasteiger partial charge in [-0.3, -0.25) is 0 Å². The summed E-state index contributed by atoms with van der Waals surface area (Å²) < 4.78 is 5.55. The maximum absolute atomic E-state index is 5.55. The molecule has 2 nitrogen and oxygen atoms in total. The van der Waals surface area contributed by atoms with Gasteiger partial charge in [0.15, 0.2) is 0 Å². The number of nitrogens with one attached hydrogen (secondary N) is 1. The summed E-state index contributed by atoms with van der Waals surface area (Å²) in [6, 6.07) is 5.00. The third-order valence-corrected chi connectivity index (χ3v) is 3.57. The van der Waals surface area contributed by atoms with Crippen LogP contribution in [0.1, 0.15) is 55.5 Å². The molecule has 19 heavy (non-hydrogen) atoms. The average Bonchev–Trinajstić information content (AvgIpc) is 2.32. The van der Waals surface area contributed by atoms with Gasteiger partial charge in [-0.15, -0.1) is 0 Å². The maximum atomic E-state index is 5.55. The third-order valence-electron chi connectivity index (χ3n) is 3.57. The minimum Gasteiger partial charge on any atom is -0.379 e. The zero-order chi connectivity index (χ0) is 14.4. The van der Waals surface area contributed by atoms with E-state index in [1.807, 2.05) is 0 Å². The van der Waals surface area contributed by atoms with Crippen LogP contribution in [0.3, 0.4) is 0 Å². The van der Waals surface area contributed by atoms with Gasteiger partial charge < -0.3 is 10.1 Å². The molecule has 1 N–H and O–H groups in total. The molecule has 1 aromatic carbocycles. The first-order valence-electron chi connectivity index (χ1n) is 7.34. The SMILES string of the molecule is Cc1cc(C)c(C(C)NCCCOC(C)C)cc1C. The Morgan fingerprint density at radius 3 is 2.26 bits per heavy atom. The molecule has 1 atom stereocenters. The number of ether oxygens (including phenoxy) is 1. The van der Waals surface area contributed by atoms with Crippen LogP contribution in [0.15, 0.2) is 12.1 Å². The molecule has 0 spiro atoms. The second-order valence-corrected chi connectivity index (χ2v) is 5.74. The number of rotatable bonds is 7. The summed E-state index contributed by atoms with van der Waals surface area (Å²) in [5.41, 5.74) is 5.53. The highest BCUT2D eigenvalue weighted by Crippen LogP contribution is 2.21. The Hall–Kier alpha value is -0.860. The normalized spacial score (nSPS) is 13.0. The van der Waals surface area contributed by atoms with Crippen LogP contribution < -0.4 is 5.32 Å². The van der Waals surface area contributed by atoms with Crippen LogP contribution in [0.2, 0.25) is 0 Å². The van der Waals surface area contributed by atoms with Gasteiger partial charge in [-0.2, -0.15) is 0 Å². The number of benzene rings is 1. The van der Waals surface area contributed by atoms with E-state index in [9.17, 15) is 0 Å². The Morgan fingerprint density at radius 2 is 1.63 bits per heavy atom. The first-order chi connectivity index (χ1) is 8.91. The van der Waals surface area contributed by atoms with E-state index >= 15 is 0 Å². The molecule has 0 radical (unpaired) electrons. The standard InChI is InChI=1S/C17H29NO/c1-12(2)19-9-7-8-18-16(6)17-11-14(4)13(3)10-15(17)5/h10-12,16,18H,7-9H2,1-6H3. The van der Waals surface area contributed by atoms with E-state index in [1.54, 1.807) is 0 Å². The van der Waals surface area contributed by atoms with Crippen LogP contribution >= 0.6 is 0 Å².